The van der Waals surface area contributed by atoms with Gasteiger partial charge in [0.2, 0.25) is 0 Å². The second-order valence-corrected chi connectivity index (χ2v) is 5.86. The first-order valence-electron chi connectivity index (χ1n) is 8.66. The van der Waals surface area contributed by atoms with Gasteiger partial charge in [0.15, 0.2) is 17.5 Å². The molecule has 27 heavy (non-hydrogen) atoms. The number of hydrogen-bond donors (Lipinski definition) is 2. The Morgan fingerprint density at radius 3 is 2.56 bits per heavy atom. The number of guanidine groups is 1. The Hall–Kier alpha value is -3.16. The minimum atomic E-state index is -0.435. The van der Waals surface area contributed by atoms with Gasteiger partial charge in [-0.1, -0.05) is 24.3 Å². The van der Waals surface area contributed by atoms with Crippen molar-refractivity contribution < 1.29 is 14.1 Å². The zero-order valence-corrected chi connectivity index (χ0v) is 15.3. The molecule has 2 N–H and O–H groups in total. The fourth-order valence-corrected chi connectivity index (χ4v) is 2.27. The van der Waals surface area contributed by atoms with Crippen LogP contribution in [0.1, 0.15) is 19.4 Å². The van der Waals surface area contributed by atoms with Crippen molar-refractivity contribution in [3.05, 3.63) is 70.0 Å². The van der Waals surface area contributed by atoms with Crippen molar-refractivity contribution in [3.8, 4) is 5.75 Å². The van der Waals surface area contributed by atoms with Crippen LogP contribution in [0.15, 0.2) is 53.5 Å². The van der Waals surface area contributed by atoms with E-state index in [1.807, 2.05) is 13.8 Å². The third kappa shape index (κ3) is 6.58. The molecule has 0 aliphatic rings. The van der Waals surface area contributed by atoms with Gasteiger partial charge >= 0.3 is 0 Å². The lowest BCUT2D eigenvalue weighted by molar-refractivity contribution is -0.384. The lowest BCUT2D eigenvalue weighted by Gasteiger charge is -2.18. The minimum Gasteiger partial charge on any atom is -0.486 e. The minimum absolute atomic E-state index is 0.0480. The first-order valence-corrected chi connectivity index (χ1v) is 8.66. The van der Waals surface area contributed by atoms with E-state index < -0.39 is 10.7 Å². The molecule has 0 amide bonds. The molecule has 144 valence electrons. The first kappa shape index (κ1) is 20.2. The van der Waals surface area contributed by atoms with Gasteiger partial charge in [0, 0.05) is 18.7 Å². The summed E-state index contributed by atoms with van der Waals surface area (Å²) in [5, 5.41) is 16.9. The van der Waals surface area contributed by atoms with E-state index in [2.05, 4.69) is 15.6 Å². The van der Waals surface area contributed by atoms with Crippen LogP contribution in [-0.4, -0.2) is 30.1 Å². The van der Waals surface area contributed by atoms with E-state index in [0.717, 1.165) is 5.56 Å². The first-order chi connectivity index (χ1) is 13.0. The number of nitrogens with one attached hydrogen (secondary N) is 2. The van der Waals surface area contributed by atoms with E-state index >= 15 is 0 Å². The summed E-state index contributed by atoms with van der Waals surface area (Å²) in [6.45, 7) is 5.26. The van der Waals surface area contributed by atoms with Crippen LogP contribution in [0.5, 0.6) is 5.75 Å². The highest BCUT2D eigenvalue weighted by Gasteiger charge is 2.09. The molecule has 0 saturated heterocycles. The smallest absolute Gasteiger partial charge is 0.269 e. The molecule has 0 bridgehead atoms. The topological polar surface area (TPSA) is 88.8 Å². The molecule has 0 fully saturated rings. The van der Waals surface area contributed by atoms with E-state index in [4.69, 9.17) is 4.74 Å². The Morgan fingerprint density at radius 1 is 1.22 bits per heavy atom. The maximum Gasteiger partial charge on any atom is 0.269 e. The van der Waals surface area contributed by atoms with Crippen LogP contribution >= 0.6 is 0 Å². The van der Waals surface area contributed by atoms with Crippen LogP contribution in [0.2, 0.25) is 0 Å². The Labute approximate surface area is 157 Å². The Bertz CT molecular complexity index is 781. The molecule has 2 aromatic carbocycles. The lowest BCUT2D eigenvalue weighted by Crippen LogP contribution is -2.41. The van der Waals surface area contributed by atoms with Crippen molar-refractivity contribution in [2.24, 2.45) is 4.99 Å². The summed E-state index contributed by atoms with van der Waals surface area (Å²) >= 11 is 0. The number of aliphatic imine (C=N–C) groups is 1. The SMILES string of the molecule is CCNC(=NCc1ccc([N+](=O)[O-])cc1)NCC(C)Oc1ccccc1F. The summed E-state index contributed by atoms with van der Waals surface area (Å²) < 4.78 is 19.2. The third-order valence-corrected chi connectivity index (χ3v) is 3.63. The van der Waals surface area contributed by atoms with Crippen molar-refractivity contribution >= 4 is 11.6 Å². The Kier molecular flexibility index (Phi) is 7.54. The zero-order chi connectivity index (χ0) is 19.6. The Morgan fingerprint density at radius 2 is 1.93 bits per heavy atom. The highest BCUT2D eigenvalue weighted by atomic mass is 19.1. The highest BCUT2D eigenvalue weighted by Crippen LogP contribution is 2.16. The monoisotopic (exact) mass is 374 g/mol. The fraction of sp³-hybridized carbons (Fsp3) is 0.316. The summed E-state index contributed by atoms with van der Waals surface area (Å²) in [6.07, 6.45) is -0.273. The summed E-state index contributed by atoms with van der Waals surface area (Å²) in [7, 11) is 0. The summed E-state index contributed by atoms with van der Waals surface area (Å²) in [5.41, 5.74) is 0.903. The number of nitro groups is 1. The van der Waals surface area contributed by atoms with Gasteiger partial charge in [-0.3, -0.25) is 10.1 Å². The van der Waals surface area contributed by atoms with Crippen LogP contribution in [0, 0.1) is 15.9 Å². The van der Waals surface area contributed by atoms with Gasteiger partial charge in [-0.15, -0.1) is 0 Å². The molecule has 0 aromatic heterocycles. The number of ether oxygens (including phenoxy) is 1. The largest absolute Gasteiger partial charge is 0.486 e. The summed E-state index contributed by atoms with van der Waals surface area (Å²) in [6, 6.07) is 12.5. The molecule has 0 aliphatic carbocycles. The molecule has 1 atom stereocenters. The van der Waals surface area contributed by atoms with Gasteiger partial charge in [0.25, 0.3) is 5.69 Å². The van der Waals surface area contributed by atoms with Crippen molar-refractivity contribution in [2.45, 2.75) is 26.5 Å². The van der Waals surface area contributed by atoms with Crippen molar-refractivity contribution in [3.63, 3.8) is 0 Å². The zero-order valence-electron chi connectivity index (χ0n) is 15.3. The van der Waals surface area contributed by atoms with Crippen LogP contribution < -0.4 is 15.4 Å². The number of para-hydroxylation sites is 1. The predicted octanol–water partition coefficient (Wildman–Crippen LogP) is 3.26. The van der Waals surface area contributed by atoms with Gasteiger partial charge in [0.1, 0.15) is 6.10 Å². The quantitative estimate of drug-likeness (QED) is 0.320. The van der Waals surface area contributed by atoms with Crippen LogP contribution in [0.4, 0.5) is 10.1 Å². The number of benzene rings is 2. The van der Waals surface area contributed by atoms with Crippen LogP contribution in [0.3, 0.4) is 0 Å². The van der Waals surface area contributed by atoms with Crippen molar-refractivity contribution in [1.29, 1.82) is 0 Å². The number of rotatable bonds is 8. The van der Waals surface area contributed by atoms with E-state index in [9.17, 15) is 14.5 Å². The maximum absolute atomic E-state index is 13.6. The molecule has 0 radical (unpaired) electrons. The molecule has 8 heteroatoms. The van der Waals surface area contributed by atoms with E-state index in [1.165, 1.54) is 18.2 Å². The number of halogens is 1. The van der Waals surface area contributed by atoms with Crippen molar-refractivity contribution in [2.75, 3.05) is 13.1 Å². The number of hydrogen-bond acceptors (Lipinski definition) is 4. The third-order valence-electron chi connectivity index (χ3n) is 3.63. The molecular weight excluding hydrogens is 351 g/mol. The van der Waals surface area contributed by atoms with Gasteiger partial charge in [0.05, 0.1) is 18.0 Å². The van der Waals surface area contributed by atoms with Gasteiger partial charge in [-0.25, -0.2) is 9.38 Å². The molecule has 1 unspecified atom stereocenters. The second kappa shape index (κ2) is 10.1. The summed E-state index contributed by atoms with van der Waals surface area (Å²) in [5.74, 6) is 0.391. The summed E-state index contributed by atoms with van der Waals surface area (Å²) in [4.78, 5) is 14.7. The van der Waals surface area contributed by atoms with Crippen molar-refractivity contribution in [1.82, 2.24) is 10.6 Å². The molecule has 0 aliphatic heterocycles. The molecular formula is C19H23FN4O3. The van der Waals surface area contributed by atoms with E-state index in [-0.39, 0.29) is 17.5 Å². The molecule has 0 heterocycles. The average molecular weight is 374 g/mol. The van der Waals surface area contributed by atoms with E-state index in [1.54, 1.807) is 30.3 Å². The van der Waals surface area contributed by atoms with Gasteiger partial charge in [-0.05, 0) is 31.5 Å². The molecule has 0 spiro atoms. The fourth-order valence-electron chi connectivity index (χ4n) is 2.27. The average Bonchev–Trinajstić information content (AvgIpc) is 2.66. The standard InChI is InChI=1S/C19H23FN4O3/c1-3-21-19(23-13-15-8-10-16(11-9-15)24(25)26)22-12-14(2)27-18-7-5-4-6-17(18)20/h4-11,14H,3,12-13H2,1-2H3,(H2,21,22,23). The molecule has 2 rings (SSSR count). The molecule has 7 nitrogen and oxygen atoms in total. The van der Waals surface area contributed by atoms with Gasteiger partial charge in [-0.2, -0.15) is 0 Å². The van der Waals surface area contributed by atoms with Crippen LogP contribution in [-0.2, 0) is 6.54 Å². The van der Waals surface area contributed by atoms with Gasteiger partial charge < -0.3 is 15.4 Å². The molecule has 0 saturated carbocycles. The predicted molar refractivity (Wildman–Crippen MR) is 102 cm³/mol. The van der Waals surface area contributed by atoms with Crippen LogP contribution in [0.25, 0.3) is 0 Å². The van der Waals surface area contributed by atoms with E-state index in [0.29, 0.717) is 25.6 Å². The number of nitro benzene ring substituents is 1. The highest BCUT2D eigenvalue weighted by molar-refractivity contribution is 5.79. The molecule has 2 aromatic rings. The second-order valence-electron chi connectivity index (χ2n) is 5.86. The lowest BCUT2D eigenvalue weighted by atomic mass is 10.2. The number of nitrogens with zero attached hydrogens (tertiary/aromatic N) is 2. The normalized spacial score (nSPS) is 12.3. The number of non-ortho nitro benzene ring substituents is 1. The Balaban J connectivity index is 1.90. The maximum atomic E-state index is 13.6.